The first-order chi connectivity index (χ1) is 14.3. The largest absolute Gasteiger partial charge is 0.456 e. The summed E-state index contributed by atoms with van der Waals surface area (Å²) in [4.78, 5) is 6.21. The highest BCUT2D eigenvalue weighted by molar-refractivity contribution is 7.99. The van der Waals surface area contributed by atoms with Crippen molar-refractivity contribution in [3.05, 3.63) is 77.8 Å². The van der Waals surface area contributed by atoms with Crippen LogP contribution in [0.2, 0.25) is 0 Å². The Balaban J connectivity index is 1.15. The summed E-state index contributed by atoms with van der Waals surface area (Å²) in [5.74, 6) is 2.84. The summed E-state index contributed by atoms with van der Waals surface area (Å²) >= 11 is 1.96. The Hall–Kier alpha value is -2.11. The average molecular weight is 411 g/mol. The minimum absolute atomic E-state index is 0.829. The molecule has 0 spiro atoms. The summed E-state index contributed by atoms with van der Waals surface area (Å²) in [5, 5.41) is 0. The number of nitrogens with zero attached hydrogens (tertiary/aromatic N) is 2. The molecule has 1 saturated heterocycles. The fourth-order valence-corrected chi connectivity index (χ4v) is 4.72. The molecule has 0 unspecified atom stereocenters. The number of allylic oxidation sites excluding steroid dienone is 4. The van der Waals surface area contributed by atoms with Gasteiger partial charge in [-0.25, -0.2) is 0 Å². The quantitative estimate of drug-likeness (QED) is 0.462. The molecule has 1 aromatic carbocycles. The predicted octanol–water partition coefficient (Wildman–Crippen LogP) is 5.06. The van der Waals surface area contributed by atoms with E-state index in [1.807, 2.05) is 11.8 Å². The van der Waals surface area contributed by atoms with Crippen LogP contribution in [-0.2, 0) is 9.47 Å². The molecule has 0 bridgehead atoms. The van der Waals surface area contributed by atoms with Crippen molar-refractivity contribution in [3.8, 4) is 0 Å². The molecule has 29 heavy (non-hydrogen) atoms. The summed E-state index contributed by atoms with van der Waals surface area (Å²) in [6.45, 7) is 7.42. The zero-order valence-electron chi connectivity index (χ0n) is 17.2. The maximum absolute atomic E-state index is 5.89. The van der Waals surface area contributed by atoms with E-state index in [4.69, 9.17) is 9.47 Å². The number of benzene rings is 1. The third-order valence-electron chi connectivity index (χ3n) is 5.46. The lowest BCUT2D eigenvalue weighted by molar-refractivity contribution is 0.0848. The third kappa shape index (κ3) is 5.71. The van der Waals surface area contributed by atoms with E-state index < -0.39 is 0 Å². The molecule has 2 aliphatic heterocycles. The van der Waals surface area contributed by atoms with Crippen molar-refractivity contribution in [2.75, 3.05) is 38.5 Å². The van der Waals surface area contributed by atoms with Crippen molar-refractivity contribution in [2.24, 2.45) is 0 Å². The Labute approximate surface area is 178 Å². The average Bonchev–Trinajstić information content (AvgIpc) is 2.78. The van der Waals surface area contributed by atoms with Crippen LogP contribution in [0.15, 0.2) is 77.1 Å². The highest BCUT2D eigenvalue weighted by Crippen LogP contribution is 2.26. The number of hydrogen-bond acceptors (Lipinski definition) is 5. The molecule has 1 aliphatic carbocycles. The van der Waals surface area contributed by atoms with E-state index >= 15 is 0 Å². The maximum Gasteiger partial charge on any atom is 0.231 e. The molecule has 1 fully saturated rings. The molecule has 0 N–H and O–H groups in total. The van der Waals surface area contributed by atoms with Crippen LogP contribution in [0.3, 0.4) is 0 Å². The Morgan fingerprint density at radius 1 is 1.07 bits per heavy atom. The van der Waals surface area contributed by atoms with Crippen molar-refractivity contribution >= 4 is 11.8 Å². The van der Waals surface area contributed by atoms with Crippen molar-refractivity contribution in [3.63, 3.8) is 0 Å². The first kappa shape index (κ1) is 20.2. The van der Waals surface area contributed by atoms with Crippen LogP contribution in [0.5, 0.6) is 0 Å². The zero-order valence-corrected chi connectivity index (χ0v) is 18.0. The van der Waals surface area contributed by atoms with E-state index in [9.17, 15) is 0 Å². The molecular formula is C24H30N2O2S. The van der Waals surface area contributed by atoms with Crippen LogP contribution < -0.4 is 0 Å². The van der Waals surface area contributed by atoms with E-state index in [2.05, 4.69) is 59.2 Å². The monoisotopic (exact) mass is 410 g/mol. The molecular weight excluding hydrogens is 380 g/mol. The molecule has 0 aromatic heterocycles. The Morgan fingerprint density at radius 3 is 2.69 bits per heavy atom. The van der Waals surface area contributed by atoms with Gasteiger partial charge in [0.1, 0.15) is 6.26 Å². The van der Waals surface area contributed by atoms with Gasteiger partial charge in [-0.05, 0) is 56.2 Å². The van der Waals surface area contributed by atoms with Crippen molar-refractivity contribution in [1.82, 2.24) is 9.80 Å². The van der Waals surface area contributed by atoms with Crippen molar-refractivity contribution < 1.29 is 9.47 Å². The molecule has 3 aliphatic rings. The van der Waals surface area contributed by atoms with Crippen molar-refractivity contribution in [2.45, 2.75) is 31.1 Å². The second-order valence-corrected chi connectivity index (χ2v) is 8.85. The molecule has 2 heterocycles. The van der Waals surface area contributed by atoms with Crippen LogP contribution >= 0.6 is 11.8 Å². The standard InChI is InChI=1S/C24H30N2O2S/c1-20-7-5-10-22(17-20)29-16-6-11-25-12-14-26(15-13-25)24-19-27-23(18-28-24)21-8-3-2-4-9-21/h2-3,5,7-8,10,17-19H,4,6,9,11-16H2,1H3. The second-order valence-electron chi connectivity index (χ2n) is 7.68. The van der Waals surface area contributed by atoms with E-state index in [0.717, 1.165) is 57.2 Å². The molecule has 0 radical (unpaired) electrons. The Kier molecular flexibility index (Phi) is 7.01. The SMILES string of the molecule is Cc1cccc(SCCCN2CCN(C3=COC(C4=CC=CCC4)=CO3)CC2)c1. The van der Waals surface area contributed by atoms with Gasteiger partial charge in [-0.15, -0.1) is 11.8 Å². The predicted molar refractivity (Wildman–Crippen MR) is 119 cm³/mol. The second kappa shape index (κ2) is 10.1. The van der Waals surface area contributed by atoms with E-state index in [0.29, 0.717) is 0 Å². The fourth-order valence-electron chi connectivity index (χ4n) is 3.77. The summed E-state index contributed by atoms with van der Waals surface area (Å²) < 4.78 is 11.7. The van der Waals surface area contributed by atoms with Gasteiger partial charge < -0.3 is 14.4 Å². The molecule has 4 nitrogen and oxygen atoms in total. The molecule has 1 aromatic rings. The number of piperazine rings is 1. The van der Waals surface area contributed by atoms with Gasteiger partial charge in [0.2, 0.25) is 5.88 Å². The minimum Gasteiger partial charge on any atom is -0.456 e. The van der Waals surface area contributed by atoms with Crippen LogP contribution in [0.4, 0.5) is 0 Å². The third-order valence-corrected chi connectivity index (χ3v) is 6.54. The van der Waals surface area contributed by atoms with Crippen LogP contribution in [0, 0.1) is 6.92 Å². The number of hydrogen-bond donors (Lipinski definition) is 0. The summed E-state index contributed by atoms with van der Waals surface area (Å²) in [6, 6.07) is 8.77. The first-order valence-electron chi connectivity index (χ1n) is 10.5. The lowest BCUT2D eigenvalue weighted by atomic mass is 10.0. The van der Waals surface area contributed by atoms with Gasteiger partial charge in [0.05, 0.1) is 0 Å². The lowest BCUT2D eigenvalue weighted by Gasteiger charge is -2.36. The highest BCUT2D eigenvalue weighted by Gasteiger charge is 2.22. The maximum atomic E-state index is 5.89. The zero-order chi connectivity index (χ0) is 19.9. The number of aryl methyl sites for hydroxylation is 1. The van der Waals surface area contributed by atoms with E-state index in [-0.39, 0.29) is 0 Å². The topological polar surface area (TPSA) is 24.9 Å². The molecule has 154 valence electrons. The van der Waals surface area contributed by atoms with Gasteiger partial charge in [-0.1, -0.05) is 35.9 Å². The van der Waals surface area contributed by atoms with Crippen molar-refractivity contribution in [1.29, 1.82) is 0 Å². The summed E-state index contributed by atoms with van der Waals surface area (Å²) in [5.41, 5.74) is 2.54. The van der Waals surface area contributed by atoms with Gasteiger partial charge in [0.15, 0.2) is 12.0 Å². The number of ether oxygens (including phenoxy) is 2. The van der Waals surface area contributed by atoms with E-state index in [1.165, 1.54) is 28.2 Å². The number of rotatable bonds is 7. The van der Waals surface area contributed by atoms with Gasteiger partial charge in [-0.3, -0.25) is 4.90 Å². The Bertz CT molecular complexity index is 820. The first-order valence-corrected chi connectivity index (χ1v) is 11.5. The molecule has 0 amide bonds. The highest BCUT2D eigenvalue weighted by atomic mass is 32.2. The molecule has 4 rings (SSSR count). The molecule has 0 saturated carbocycles. The van der Waals surface area contributed by atoms with Crippen LogP contribution in [0.1, 0.15) is 24.8 Å². The van der Waals surface area contributed by atoms with E-state index in [1.54, 1.807) is 12.5 Å². The molecule has 0 atom stereocenters. The van der Waals surface area contributed by atoms with Gasteiger partial charge in [0, 0.05) is 31.1 Å². The smallest absolute Gasteiger partial charge is 0.231 e. The minimum atomic E-state index is 0.829. The van der Waals surface area contributed by atoms with Gasteiger partial charge in [0.25, 0.3) is 0 Å². The van der Waals surface area contributed by atoms with Crippen LogP contribution in [0.25, 0.3) is 0 Å². The summed E-state index contributed by atoms with van der Waals surface area (Å²) in [6.07, 6.45) is 13.2. The van der Waals surface area contributed by atoms with Crippen LogP contribution in [-0.4, -0.2) is 48.3 Å². The van der Waals surface area contributed by atoms with Gasteiger partial charge in [-0.2, -0.15) is 0 Å². The molecule has 5 heteroatoms. The lowest BCUT2D eigenvalue weighted by Crippen LogP contribution is -2.46. The fraction of sp³-hybridized carbons (Fsp3) is 0.417. The Morgan fingerprint density at radius 2 is 1.97 bits per heavy atom. The summed E-state index contributed by atoms with van der Waals surface area (Å²) in [7, 11) is 0. The normalized spacial score (nSPS) is 19.8. The number of thioether (sulfide) groups is 1. The van der Waals surface area contributed by atoms with Gasteiger partial charge >= 0.3 is 0 Å².